The van der Waals surface area contributed by atoms with E-state index in [4.69, 9.17) is 0 Å². The van der Waals surface area contributed by atoms with Crippen LogP contribution in [0.15, 0.2) is 188 Å². The lowest BCUT2D eigenvalue weighted by Crippen LogP contribution is -2.10. The van der Waals surface area contributed by atoms with E-state index in [-0.39, 0.29) is 0 Å². The summed E-state index contributed by atoms with van der Waals surface area (Å²) in [6.07, 6.45) is 0. The van der Waals surface area contributed by atoms with E-state index in [1.807, 2.05) is 11.3 Å². The topological polar surface area (TPSA) is 3.24 Å². The summed E-state index contributed by atoms with van der Waals surface area (Å²) < 4.78 is 2.68. The van der Waals surface area contributed by atoms with Crippen LogP contribution in [-0.4, -0.2) is 0 Å². The van der Waals surface area contributed by atoms with Crippen LogP contribution in [0.4, 0.5) is 17.1 Å². The molecule has 1 nitrogen and oxygen atoms in total. The van der Waals surface area contributed by atoms with Gasteiger partial charge in [-0.3, -0.25) is 0 Å². The van der Waals surface area contributed by atoms with Crippen molar-refractivity contribution in [3.63, 3.8) is 0 Å². The molecule has 0 saturated heterocycles. The van der Waals surface area contributed by atoms with Crippen LogP contribution in [0, 0.1) is 0 Å². The summed E-state index contributed by atoms with van der Waals surface area (Å²) in [7, 11) is 0. The summed E-state index contributed by atoms with van der Waals surface area (Å²) in [5.41, 5.74) is 8.32. The highest BCUT2D eigenvalue weighted by Gasteiger charge is 2.18. The van der Waals surface area contributed by atoms with Crippen LogP contribution in [0.5, 0.6) is 0 Å². The second-order valence-electron chi connectivity index (χ2n) is 12.9. The molecular weight excluding hydrogens is 623 g/mol. The van der Waals surface area contributed by atoms with Crippen LogP contribution in [0.1, 0.15) is 0 Å². The number of hydrogen-bond acceptors (Lipinski definition) is 2. The van der Waals surface area contributed by atoms with Gasteiger partial charge in [-0.2, -0.15) is 0 Å². The molecule has 9 aromatic carbocycles. The van der Waals surface area contributed by atoms with Crippen molar-refractivity contribution in [2.75, 3.05) is 4.90 Å². The second kappa shape index (κ2) is 11.7. The molecule has 0 bridgehead atoms. The van der Waals surface area contributed by atoms with Crippen LogP contribution in [-0.2, 0) is 0 Å². The van der Waals surface area contributed by atoms with Gasteiger partial charge >= 0.3 is 0 Å². The standard InChI is InChI=1S/C48H31NS/c1-3-11-32(12-4-1)33-21-25-38(26-22-33)49(37-14-5-2-6-15-37)45-30-29-39(41-17-9-10-18-42(41)45)36-24-27-43-44-28-23-35-20-19-34-13-7-8-16-40(34)47(35)48(44)50-46(43)31-36/h1-31H. The molecule has 10 rings (SSSR count). The molecule has 0 spiro atoms. The molecule has 0 amide bonds. The zero-order chi connectivity index (χ0) is 33.0. The monoisotopic (exact) mass is 653 g/mol. The van der Waals surface area contributed by atoms with Crippen LogP contribution in [0.2, 0.25) is 0 Å². The minimum atomic E-state index is 1.13. The smallest absolute Gasteiger partial charge is 0.0540 e. The summed E-state index contributed by atoms with van der Waals surface area (Å²) in [5, 5.41) is 10.4. The van der Waals surface area contributed by atoms with Crippen LogP contribution in [0.3, 0.4) is 0 Å². The van der Waals surface area contributed by atoms with E-state index in [1.165, 1.54) is 74.7 Å². The molecule has 0 aliphatic rings. The number of benzene rings is 9. The maximum absolute atomic E-state index is 2.40. The largest absolute Gasteiger partial charge is 0.310 e. The zero-order valence-electron chi connectivity index (χ0n) is 27.3. The Labute approximate surface area is 294 Å². The SMILES string of the molecule is c1ccc(-c2ccc(N(c3ccccc3)c3ccc(-c4ccc5c(c4)sc4c5ccc5ccc6ccccc6c54)c4ccccc34)cc2)cc1. The summed E-state index contributed by atoms with van der Waals surface area (Å²) in [5.74, 6) is 0. The number of anilines is 3. The minimum absolute atomic E-state index is 1.13. The average molecular weight is 654 g/mol. The number of nitrogens with zero attached hydrogens (tertiary/aromatic N) is 1. The van der Waals surface area contributed by atoms with Gasteiger partial charge in [-0.1, -0.05) is 152 Å². The molecule has 0 fully saturated rings. The molecule has 0 unspecified atom stereocenters. The summed E-state index contributed by atoms with van der Waals surface area (Å²) in [6.45, 7) is 0. The first-order valence-corrected chi connectivity index (χ1v) is 17.9. The summed E-state index contributed by atoms with van der Waals surface area (Å²) in [6, 6.07) is 68.5. The molecule has 0 N–H and O–H groups in total. The normalized spacial score (nSPS) is 11.6. The van der Waals surface area contributed by atoms with Crippen LogP contribution in [0.25, 0.3) is 74.7 Å². The van der Waals surface area contributed by atoms with Gasteiger partial charge in [0, 0.05) is 42.3 Å². The lowest BCUT2D eigenvalue weighted by atomic mass is 9.95. The lowest BCUT2D eigenvalue weighted by molar-refractivity contribution is 1.30. The van der Waals surface area contributed by atoms with Gasteiger partial charge in [0.1, 0.15) is 0 Å². The summed E-state index contributed by atoms with van der Waals surface area (Å²) >= 11 is 1.91. The van der Waals surface area contributed by atoms with E-state index < -0.39 is 0 Å². The van der Waals surface area contributed by atoms with Gasteiger partial charge in [0.15, 0.2) is 0 Å². The van der Waals surface area contributed by atoms with Gasteiger partial charge in [-0.05, 0) is 80.2 Å². The van der Waals surface area contributed by atoms with Crippen molar-refractivity contribution in [2.24, 2.45) is 0 Å². The molecule has 2 heteroatoms. The van der Waals surface area contributed by atoms with Gasteiger partial charge < -0.3 is 4.90 Å². The number of hydrogen-bond donors (Lipinski definition) is 0. The average Bonchev–Trinajstić information content (AvgIpc) is 3.57. The van der Waals surface area contributed by atoms with Crippen molar-refractivity contribution in [1.82, 2.24) is 0 Å². The van der Waals surface area contributed by atoms with Crippen LogP contribution >= 0.6 is 11.3 Å². The molecule has 50 heavy (non-hydrogen) atoms. The van der Waals surface area contributed by atoms with Gasteiger partial charge in [0.2, 0.25) is 0 Å². The molecule has 1 heterocycles. The Morgan fingerprint density at radius 3 is 1.78 bits per heavy atom. The Bertz CT molecular complexity index is 2850. The Hall–Kier alpha value is -6.22. The molecule has 0 radical (unpaired) electrons. The third-order valence-corrected chi connectivity index (χ3v) is 11.2. The highest BCUT2D eigenvalue weighted by atomic mass is 32.1. The van der Waals surface area contributed by atoms with E-state index in [9.17, 15) is 0 Å². The molecular formula is C48H31NS. The second-order valence-corrected chi connectivity index (χ2v) is 14.0. The van der Waals surface area contributed by atoms with E-state index in [0.717, 1.165) is 17.1 Å². The molecule has 234 valence electrons. The van der Waals surface area contributed by atoms with Crippen molar-refractivity contribution in [3.8, 4) is 22.3 Å². The fourth-order valence-electron chi connectivity index (χ4n) is 7.66. The number of thiophene rings is 1. The minimum Gasteiger partial charge on any atom is -0.310 e. The molecule has 10 aromatic rings. The molecule has 0 atom stereocenters. The first-order chi connectivity index (χ1) is 24.8. The van der Waals surface area contributed by atoms with Gasteiger partial charge in [-0.15, -0.1) is 11.3 Å². The Balaban J connectivity index is 1.13. The highest BCUT2D eigenvalue weighted by molar-refractivity contribution is 7.26. The third kappa shape index (κ3) is 4.69. The van der Waals surface area contributed by atoms with E-state index in [1.54, 1.807) is 0 Å². The molecule has 0 aliphatic carbocycles. The van der Waals surface area contributed by atoms with Crippen molar-refractivity contribution in [3.05, 3.63) is 188 Å². The number of rotatable bonds is 5. The Kier molecular flexibility index (Phi) is 6.75. The first-order valence-electron chi connectivity index (χ1n) is 17.1. The predicted octanol–water partition coefficient (Wildman–Crippen LogP) is 14.3. The number of fused-ring (bicyclic) bond motifs is 8. The molecule has 1 aromatic heterocycles. The van der Waals surface area contributed by atoms with Gasteiger partial charge in [-0.25, -0.2) is 0 Å². The van der Waals surface area contributed by atoms with E-state index >= 15 is 0 Å². The predicted molar refractivity (Wildman–Crippen MR) is 217 cm³/mol. The Morgan fingerprint density at radius 1 is 0.360 bits per heavy atom. The quantitative estimate of drug-likeness (QED) is 0.167. The number of para-hydroxylation sites is 1. The molecule has 0 aliphatic heterocycles. The van der Waals surface area contributed by atoms with Crippen LogP contribution < -0.4 is 4.90 Å². The fraction of sp³-hybridized carbons (Fsp3) is 0. The van der Waals surface area contributed by atoms with Crippen molar-refractivity contribution < 1.29 is 0 Å². The molecule has 0 saturated carbocycles. The van der Waals surface area contributed by atoms with Gasteiger partial charge in [0.05, 0.1) is 5.69 Å². The summed E-state index contributed by atoms with van der Waals surface area (Å²) in [4.78, 5) is 2.38. The zero-order valence-corrected chi connectivity index (χ0v) is 28.1. The maximum atomic E-state index is 2.40. The van der Waals surface area contributed by atoms with E-state index in [0.29, 0.717) is 0 Å². The third-order valence-electron chi connectivity index (χ3n) is 10.0. The fourth-order valence-corrected chi connectivity index (χ4v) is 8.97. The highest BCUT2D eigenvalue weighted by Crippen LogP contribution is 2.45. The Morgan fingerprint density at radius 2 is 0.960 bits per heavy atom. The van der Waals surface area contributed by atoms with E-state index in [2.05, 4.69) is 193 Å². The lowest BCUT2D eigenvalue weighted by Gasteiger charge is -2.27. The maximum Gasteiger partial charge on any atom is 0.0540 e. The van der Waals surface area contributed by atoms with Crippen molar-refractivity contribution in [2.45, 2.75) is 0 Å². The van der Waals surface area contributed by atoms with Crippen molar-refractivity contribution in [1.29, 1.82) is 0 Å². The van der Waals surface area contributed by atoms with Crippen molar-refractivity contribution >= 4 is 80.9 Å². The van der Waals surface area contributed by atoms with Gasteiger partial charge in [0.25, 0.3) is 0 Å². The first kappa shape index (κ1) is 28.8.